The van der Waals surface area contributed by atoms with E-state index < -0.39 is 0 Å². The first kappa shape index (κ1) is 19.0. The first-order valence-corrected chi connectivity index (χ1v) is 9.56. The summed E-state index contributed by atoms with van der Waals surface area (Å²) in [5.41, 5.74) is 2.41. The Morgan fingerprint density at radius 1 is 0.926 bits per heavy atom. The summed E-state index contributed by atoms with van der Waals surface area (Å²) >= 11 is 0. The van der Waals surface area contributed by atoms with Crippen LogP contribution in [0.5, 0.6) is 0 Å². The molecule has 1 atom stereocenters. The number of carbonyl (C=O) groups is 2. The molecule has 0 aliphatic carbocycles. The molecule has 0 bridgehead atoms. The van der Waals surface area contributed by atoms with E-state index in [1.165, 1.54) is 0 Å². The van der Waals surface area contributed by atoms with E-state index in [1.807, 2.05) is 35.2 Å². The molecule has 2 aromatic carbocycles. The quantitative estimate of drug-likeness (QED) is 0.823. The summed E-state index contributed by atoms with van der Waals surface area (Å²) in [6.45, 7) is 5.82. The Labute approximate surface area is 160 Å². The van der Waals surface area contributed by atoms with Crippen LogP contribution in [0.4, 0.5) is 10.5 Å². The van der Waals surface area contributed by atoms with Crippen LogP contribution in [0.3, 0.4) is 0 Å². The van der Waals surface area contributed by atoms with Crippen LogP contribution in [0.1, 0.15) is 48.7 Å². The van der Waals surface area contributed by atoms with Gasteiger partial charge in [0.25, 0.3) is 5.91 Å². The SMILES string of the molecule is CC(C)[C@@H](NC(=O)Nc1ccc(C(=O)N2CCCC2)cc1)c1ccccc1. The van der Waals surface area contributed by atoms with Crippen molar-refractivity contribution in [2.75, 3.05) is 18.4 Å². The number of anilines is 1. The molecule has 1 heterocycles. The number of amides is 3. The lowest BCUT2D eigenvalue weighted by atomic mass is 9.96. The van der Waals surface area contributed by atoms with Crippen molar-refractivity contribution in [3.05, 3.63) is 65.7 Å². The maximum Gasteiger partial charge on any atom is 0.319 e. The minimum atomic E-state index is -0.254. The third kappa shape index (κ3) is 4.88. The van der Waals surface area contributed by atoms with Crippen LogP contribution in [-0.2, 0) is 0 Å². The Morgan fingerprint density at radius 2 is 1.56 bits per heavy atom. The summed E-state index contributed by atoms with van der Waals surface area (Å²) in [6.07, 6.45) is 2.15. The van der Waals surface area contributed by atoms with Gasteiger partial charge in [0.15, 0.2) is 0 Å². The molecule has 2 N–H and O–H groups in total. The Hall–Kier alpha value is -2.82. The van der Waals surface area contributed by atoms with E-state index in [0.29, 0.717) is 11.3 Å². The van der Waals surface area contributed by atoms with Gasteiger partial charge in [-0.2, -0.15) is 0 Å². The Balaban J connectivity index is 1.61. The van der Waals surface area contributed by atoms with Gasteiger partial charge in [0.2, 0.25) is 0 Å². The van der Waals surface area contributed by atoms with Crippen LogP contribution in [0, 0.1) is 5.92 Å². The van der Waals surface area contributed by atoms with Gasteiger partial charge in [-0.1, -0.05) is 44.2 Å². The summed E-state index contributed by atoms with van der Waals surface area (Å²) in [6, 6.07) is 16.7. The molecule has 5 nitrogen and oxygen atoms in total. The van der Waals surface area contributed by atoms with Crippen molar-refractivity contribution >= 4 is 17.6 Å². The minimum absolute atomic E-state index is 0.0625. The number of rotatable bonds is 5. The zero-order valence-electron chi connectivity index (χ0n) is 15.9. The van der Waals surface area contributed by atoms with Crippen LogP contribution < -0.4 is 10.6 Å². The summed E-state index contributed by atoms with van der Waals surface area (Å²) in [4.78, 5) is 26.7. The molecule has 1 aliphatic heterocycles. The standard InChI is InChI=1S/C22H27N3O2/c1-16(2)20(17-8-4-3-5-9-17)24-22(27)23-19-12-10-18(11-13-19)21(26)25-14-6-7-15-25/h3-5,8-13,16,20H,6-7,14-15H2,1-2H3,(H2,23,24,27)/t20-/m1/s1. The van der Waals surface area contributed by atoms with Crippen molar-refractivity contribution in [1.82, 2.24) is 10.2 Å². The number of urea groups is 1. The van der Waals surface area contributed by atoms with E-state index in [4.69, 9.17) is 0 Å². The van der Waals surface area contributed by atoms with Crippen molar-refractivity contribution in [3.8, 4) is 0 Å². The number of likely N-dealkylation sites (tertiary alicyclic amines) is 1. The fourth-order valence-electron chi connectivity index (χ4n) is 3.40. The van der Waals surface area contributed by atoms with Gasteiger partial charge in [-0.25, -0.2) is 4.79 Å². The van der Waals surface area contributed by atoms with Crippen LogP contribution in [0.2, 0.25) is 0 Å². The average Bonchev–Trinajstić information content (AvgIpc) is 3.21. The number of hydrogen-bond donors (Lipinski definition) is 2. The van der Waals surface area contributed by atoms with E-state index in [-0.39, 0.29) is 23.9 Å². The zero-order chi connectivity index (χ0) is 19.2. The van der Waals surface area contributed by atoms with Crippen LogP contribution in [0.15, 0.2) is 54.6 Å². The molecule has 5 heteroatoms. The zero-order valence-corrected chi connectivity index (χ0v) is 15.9. The monoisotopic (exact) mass is 365 g/mol. The van der Waals surface area contributed by atoms with Crippen LogP contribution in [-0.4, -0.2) is 29.9 Å². The van der Waals surface area contributed by atoms with Crippen molar-refractivity contribution < 1.29 is 9.59 Å². The van der Waals surface area contributed by atoms with E-state index >= 15 is 0 Å². The average molecular weight is 365 g/mol. The second-order valence-electron chi connectivity index (χ2n) is 7.31. The van der Waals surface area contributed by atoms with Gasteiger partial charge in [0.1, 0.15) is 0 Å². The van der Waals surface area contributed by atoms with Gasteiger partial charge < -0.3 is 15.5 Å². The van der Waals surface area contributed by atoms with Gasteiger partial charge in [0.05, 0.1) is 6.04 Å². The molecule has 3 rings (SSSR count). The maximum absolute atomic E-state index is 12.4. The normalized spacial score (nSPS) is 14.9. The molecule has 1 fully saturated rings. The van der Waals surface area contributed by atoms with Crippen molar-refractivity contribution in [1.29, 1.82) is 0 Å². The second kappa shape index (κ2) is 8.71. The molecule has 0 aromatic heterocycles. The summed E-state index contributed by atoms with van der Waals surface area (Å²) in [5, 5.41) is 5.90. The molecule has 0 saturated carbocycles. The van der Waals surface area contributed by atoms with Crippen molar-refractivity contribution in [2.45, 2.75) is 32.7 Å². The third-order valence-electron chi connectivity index (χ3n) is 4.89. The molecule has 27 heavy (non-hydrogen) atoms. The smallest absolute Gasteiger partial charge is 0.319 e. The van der Waals surface area contributed by atoms with Gasteiger partial charge in [-0.15, -0.1) is 0 Å². The number of nitrogens with one attached hydrogen (secondary N) is 2. The maximum atomic E-state index is 12.4. The number of nitrogens with zero attached hydrogens (tertiary/aromatic N) is 1. The van der Waals surface area contributed by atoms with Crippen molar-refractivity contribution in [3.63, 3.8) is 0 Å². The highest BCUT2D eigenvalue weighted by molar-refractivity contribution is 5.95. The van der Waals surface area contributed by atoms with Crippen LogP contribution in [0.25, 0.3) is 0 Å². The van der Waals surface area contributed by atoms with E-state index in [1.54, 1.807) is 24.3 Å². The van der Waals surface area contributed by atoms with Gasteiger partial charge in [-0.05, 0) is 48.6 Å². The van der Waals surface area contributed by atoms with Gasteiger partial charge >= 0.3 is 6.03 Å². The molecule has 0 spiro atoms. The number of carbonyl (C=O) groups excluding carboxylic acids is 2. The topological polar surface area (TPSA) is 61.4 Å². The predicted octanol–water partition coefficient (Wildman–Crippen LogP) is 4.44. The minimum Gasteiger partial charge on any atom is -0.339 e. The first-order valence-electron chi connectivity index (χ1n) is 9.56. The van der Waals surface area contributed by atoms with Gasteiger partial charge in [-0.3, -0.25) is 4.79 Å². The second-order valence-corrected chi connectivity index (χ2v) is 7.31. The largest absolute Gasteiger partial charge is 0.339 e. The highest BCUT2D eigenvalue weighted by atomic mass is 16.2. The highest BCUT2D eigenvalue weighted by Crippen LogP contribution is 2.22. The van der Waals surface area contributed by atoms with Gasteiger partial charge in [0, 0.05) is 24.3 Å². The predicted molar refractivity (Wildman–Crippen MR) is 108 cm³/mol. The first-order chi connectivity index (χ1) is 13.0. The molecule has 0 unspecified atom stereocenters. The molecule has 3 amide bonds. The number of benzene rings is 2. The molecular formula is C22H27N3O2. The van der Waals surface area contributed by atoms with Crippen molar-refractivity contribution in [2.24, 2.45) is 5.92 Å². The lowest BCUT2D eigenvalue weighted by Crippen LogP contribution is -2.35. The van der Waals surface area contributed by atoms with Crippen LogP contribution >= 0.6 is 0 Å². The number of hydrogen-bond acceptors (Lipinski definition) is 2. The molecular weight excluding hydrogens is 338 g/mol. The molecule has 1 aliphatic rings. The fraction of sp³-hybridized carbons (Fsp3) is 0.364. The Kier molecular flexibility index (Phi) is 6.12. The molecule has 2 aromatic rings. The Bertz CT molecular complexity index is 766. The third-order valence-corrected chi connectivity index (χ3v) is 4.89. The molecule has 142 valence electrons. The fourth-order valence-corrected chi connectivity index (χ4v) is 3.40. The molecule has 0 radical (unpaired) electrons. The van der Waals surface area contributed by atoms with E-state index in [0.717, 1.165) is 31.5 Å². The lowest BCUT2D eigenvalue weighted by Gasteiger charge is -2.23. The summed E-state index contributed by atoms with van der Waals surface area (Å²) in [5.74, 6) is 0.325. The summed E-state index contributed by atoms with van der Waals surface area (Å²) < 4.78 is 0. The summed E-state index contributed by atoms with van der Waals surface area (Å²) in [7, 11) is 0. The van der Waals surface area contributed by atoms with E-state index in [9.17, 15) is 9.59 Å². The lowest BCUT2D eigenvalue weighted by molar-refractivity contribution is 0.0793. The molecule has 1 saturated heterocycles. The Morgan fingerprint density at radius 3 is 2.15 bits per heavy atom. The highest BCUT2D eigenvalue weighted by Gasteiger charge is 2.20. The van der Waals surface area contributed by atoms with E-state index in [2.05, 4.69) is 24.5 Å².